The van der Waals surface area contributed by atoms with E-state index in [1.54, 1.807) is 12.1 Å². The standard InChI is InChI=1S/C17H14F2N2O4/c1-24-13-7-11-12(8-14(13)25-17(18)19)20-15(21-16(11)23)6-9-2-4-10(22)5-3-9/h2-5,7-8,17,22H,6H2,1H3,(H,20,21,23). The Hall–Kier alpha value is -3.16. The summed E-state index contributed by atoms with van der Waals surface area (Å²) in [5.74, 6) is 0.311. The van der Waals surface area contributed by atoms with Gasteiger partial charge in [-0.25, -0.2) is 4.98 Å². The summed E-state index contributed by atoms with van der Waals surface area (Å²) in [6.07, 6.45) is 0.308. The fourth-order valence-electron chi connectivity index (χ4n) is 2.43. The summed E-state index contributed by atoms with van der Waals surface area (Å²) in [5.41, 5.74) is 0.618. The molecule has 0 aliphatic carbocycles. The maximum Gasteiger partial charge on any atom is 0.387 e. The van der Waals surface area contributed by atoms with Gasteiger partial charge < -0.3 is 19.6 Å². The fourth-order valence-corrected chi connectivity index (χ4v) is 2.43. The summed E-state index contributed by atoms with van der Waals surface area (Å²) >= 11 is 0. The molecule has 0 amide bonds. The van der Waals surface area contributed by atoms with Crippen LogP contribution in [-0.2, 0) is 6.42 Å². The number of rotatable bonds is 5. The Labute approximate surface area is 140 Å². The zero-order valence-corrected chi connectivity index (χ0v) is 13.1. The van der Waals surface area contributed by atoms with Gasteiger partial charge in [-0.1, -0.05) is 12.1 Å². The second kappa shape index (κ2) is 6.76. The molecule has 0 saturated heterocycles. The van der Waals surface area contributed by atoms with Crippen LogP contribution in [0.25, 0.3) is 10.9 Å². The van der Waals surface area contributed by atoms with Gasteiger partial charge in [0, 0.05) is 12.5 Å². The third-order valence-corrected chi connectivity index (χ3v) is 3.56. The van der Waals surface area contributed by atoms with E-state index in [2.05, 4.69) is 14.7 Å². The molecule has 0 spiro atoms. The summed E-state index contributed by atoms with van der Waals surface area (Å²) in [6.45, 7) is -3.02. The molecule has 0 bridgehead atoms. The minimum absolute atomic E-state index is 0.0198. The number of aromatic hydroxyl groups is 1. The van der Waals surface area contributed by atoms with Gasteiger partial charge in [-0.2, -0.15) is 8.78 Å². The number of aromatic nitrogens is 2. The van der Waals surface area contributed by atoms with Crippen molar-refractivity contribution in [2.75, 3.05) is 7.11 Å². The molecule has 1 heterocycles. The van der Waals surface area contributed by atoms with E-state index >= 15 is 0 Å². The smallest absolute Gasteiger partial charge is 0.387 e. The van der Waals surface area contributed by atoms with E-state index < -0.39 is 12.2 Å². The van der Waals surface area contributed by atoms with E-state index in [4.69, 9.17) is 4.74 Å². The molecule has 0 aliphatic rings. The molecular formula is C17H14F2N2O4. The van der Waals surface area contributed by atoms with Crippen molar-refractivity contribution in [1.82, 2.24) is 9.97 Å². The number of ether oxygens (including phenoxy) is 2. The van der Waals surface area contributed by atoms with Gasteiger partial charge in [-0.15, -0.1) is 0 Å². The van der Waals surface area contributed by atoms with Crippen LogP contribution in [0.3, 0.4) is 0 Å². The van der Waals surface area contributed by atoms with Crippen molar-refractivity contribution in [2.45, 2.75) is 13.0 Å². The van der Waals surface area contributed by atoms with E-state index in [0.717, 1.165) is 5.56 Å². The highest BCUT2D eigenvalue weighted by Crippen LogP contribution is 2.31. The summed E-state index contributed by atoms with van der Waals surface area (Å²) in [4.78, 5) is 19.2. The summed E-state index contributed by atoms with van der Waals surface area (Å²) in [7, 11) is 1.29. The molecule has 0 atom stereocenters. The largest absolute Gasteiger partial charge is 0.508 e. The Morgan fingerprint density at radius 3 is 2.56 bits per heavy atom. The molecule has 0 aliphatic heterocycles. The molecule has 25 heavy (non-hydrogen) atoms. The number of phenols is 1. The van der Waals surface area contributed by atoms with Crippen LogP contribution in [0.2, 0.25) is 0 Å². The summed E-state index contributed by atoms with van der Waals surface area (Å²) < 4.78 is 34.5. The zero-order chi connectivity index (χ0) is 18.0. The number of nitrogens with zero attached hydrogens (tertiary/aromatic N) is 1. The normalized spacial score (nSPS) is 11.0. The van der Waals surface area contributed by atoms with Gasteiger partial charge in [0.05, 0.1) is 18.0 Å². The van der Waals surface area contributed by atoms with Crippen LogP contribution in [-0.4, -0.2) is 28.8 Å². The van der Waals surface area contributed by atoms with Gasteiger partial charge >= 0.3 is 6.61 Å². The first-order valence-electron chi connectivity index (χ1n) is 7.30. The number of H-pyrrole nitrogens is 1. The van der Waals surface area contributed by atoms with Crippen LogP contribution in [0.15, 0.2) is 41.2 Å². The molecule has 0 unspecified atom stereocenters. The Kier molecular flexibility index (Phi) is 4.51. The lowest BCUT2D eigenvalue weighted by molar-refractivity contribution is -0.0511. The van der Waals surface area contributed by atoms with Crippen molar-refractivity contribution < 1.29 is 23.4 Å². The first-order chi connectivity index (χ1) is 12.0. The maximum absolute atomic E-state index is 12.5. The maximum atomic E-state index is 12.5. The number of nitrogens with one attached hydrogen (secondary N) is 1. The topological polar surface area (TPSA) is 84.4 Å². The highest BCUT2D eigenvalue weighted by molar-refractivity contribution is 5.81. The van der Waals surface area contributed by atoms with Crippen molar-refractivity contribution in [3.63, 3.8) is 0 Å². The highest BCUT2D eigenvalue weighted by Gasteiger charge is 2.15. The van der Waals surface area contributed by atoms with Crippen molar-refractivity contribution >= 4 is 10.9 Å². The number of methoxy groups -OCH3 is 1. The lowest BCUT2D eigenvalue weighted by Gasteiger charge is -2.11. The van der Waals surface area contributed by atoms with Crippen molar-refractivity contribution in [3.8, 4) is 17.2 Å². The van der Waals surface area contributed by atoms with Gasteiger partial charge in [-0.05, 0) is 23.8 Å². The molecule has 2 aromatic carbocycles. The molecular weight excluding hydrogens is 334 g/mol. The lowest BCUT2D eigenvalue weighted by atomic mass is 10.1. The minimum Gasteiger partial charge on any atom is -0.508 e. The number of aromatic amines is 1. The van der Waals surface area contributed by atoms with Gasteiger partial charge in [0.2, 0.25) is 0 Å². The molecule has 0 radical (unpaired) electrons. The number of alkyl halides is 2. The fraction of sp³-hybridized carbons (Fsp3) is 0.176. The SMILES string of the molecule is COc1cc2c(=O)[nH]c(Cc3ccc(O)cc3)nc2cc1OC(F)F. The third kappa shape index (κ3) is 3.68. The van der Waals surface area contributed by atoms with E-state index in [9.17, 15) is 18.7 Å². The Bertz CT molecular complexity index is 955. The number of fused-ring (bicyclic) bond motifs is 1. The number of hydrogen-bond acceptors (Lipinski definition) is 5. The van der Waals surface area contributed by atoms with Crippen molar-refractivity contribution in [2.24, 2.45) is 0 Å². The highest BCUT2D eigenvalue weighted by atomic mass is 19.3. The number of hydrogen-bond donors (Lipinski definition) is 2. The second-order valence-electron chi connectivity index (χ2n) is 5.25. The molecule has 0 saturated carbocycles. The number of halogens is 2. The van der Waals surface area contributed by atoms with Crippen LogP contribution in [0, 0.1) is 0 Å². The first kappa shape index (κ1) is 16.7. The van der Waals surface area contributed by atoms with Crippen LogP contribution in [0.1, 0.15) is 11.4 Å². The summed E-state index contributed by atoms with van der Waals surface area (Å²) in [6, 6.07) is 8.98. The van der Waals surface area contributed by atoms with E-state index in [-0.39, 0.29) is 28.2 Å². The average molecular weight is 348 g/mol. The van der Waals surface area contributed by atoms with E-state index in [0.29, 0.717) is 12.2 Å². The van der Waals surface area contributed by atoms with Crippen LogP contribution in [0.4, 0.5) is 8.78 Å². The molecule has 130 valence electrons. The Balaban J connectivity index is 2.04. The molecule has 1 aromatic heterocycles. The summed E-state index contributed by atoms with van der Waals surface area (Å²) in [5, 5.41) is 9.50. The molecule has 2 N–H and O–H groups in total. The molecule has 6 nitrogen and oxygen atoms in total. The van der Waals surface area contributed by atoms with Crippen LogP contribution >= 0.6 is 0 Å². The molecule has 8 heteroatoms. The third-order valence-electron chi connectivity index (χ3n) is 3.56. The molecule has 3 rings (SSSR count). The number of benzene rings is 2. The molecule has 0 fully saturated rings. The van der Waals surface area contributed by atoms with Crippen molar-refractivity contribution in [1.29, 1.82) is 0 Å². The monoisotopic (exact) mass is 348 g/mol. The first-order valence-corrected chi connectivity index (χ1v) is 7.30. The second-order valence-corrected chi connectivity index (χ2v) is 5.25. The van der Waals surface area contributed by atoms with E-state index in [1.807, 2.05) is 0 Å². The van der Waals surface area contributed by atoms with Crippen LogP contribution in [0.5, 0.6) is 17.2 Å². The quantitative estimate of drug-likeness (QED) is 0.741. The molecule has 3 aromatic rings. The van der Waals surface area contributed by atoms with Crippen molar-refractivity contribution in [3.05, 3.63) is 58.1 Å². The predicted octanol–water partition coefficient (Wildman–Crippen LogP) is 2.83. The van der Waals surface area contributed by atoms with Gasteiger partial charge in [-0.3, -0.25) is 4.79 Å². The number of phenolic OH excluding ortho intramolecular Hbond substituents is 1. The van der Waals surface area contributed by atoms with Gasteiger partial charge in [0.1, 0.15) is 11.6 Å². The van der Waals surface area contributed by atoms with Gasteiger partial charge in [0.25, 0.3) is 5.56 Å². The van der Waals surface area contributed by atoms with E-state index in [1.165, 1.54) is 31.4 Å². The predicted molar refractivity (Wildman–Crippen MR) is 86.5 cm³/mol. The Morgan fingerprint density at radius 1 is 1.20 bits per heavy atom. The minimum atomic E-state index is -3.02. The lowest BCUT2D eigenvalue weighted by Crippen LogP contribution is -2.13. The van der Waals surface area contributed by atoms with Gasteiger partial charge in [0.15, 0.2) is 11.5 Å². The van der Waals surface area contributed by atoms with Crippen LogP contribution < -0.4 is 15.0 Å². The zero-order valence-electron chi connectivity index (χ0n) is 13.1. The Morgan fingerprint density at radius 2 is 1.92 bits per heavy atom. The average Bonchev–Trinajstić information content (AvgIpc) is 2.56.